The van der Waals surface area contributed by atoms with Gasteiger partial charge in [-0.3, -0.25) is 4.98 Å². The number of hydrogen-bond acceptors (Lipinski definition) is 6. The molecule has 0 radical (unpaired) electrons. The molecule has 0 aliphatic rings. The lowest BCUT2D eigenvalue weighted by Crippen LogP contribution is -2.11. The molecule has 2 heterocycles. The maximum absolute atomic E-state index is 11.6. The van der Waals surface area contributed by atoms with E-state index in [4.69, 9.17) is 10.5 Å². The monoisotopic (exact) mass is 272 g/mol. The lowest BCUT2D eigenvalue weighted by atomic mass is 10.1. The maximum atomic E-state index is 11.6. The summed E-state index contributed by atoms with van der Waals surface area (Å²) in [7, 11) is 0. The molecule has 0 amide bonds. The van der Waals surface area contributed by atoms with E-state index in [1.165, 1.54) is 6.20 Å². The first-order valence-corrected chi connectivity index (χ1v) is 6.26. The van der Waals surface area contributed by atoms with Gasteiger partial charge in [0.05, 0.1) is 6.61 Å². The summed E-state index contributed by atoms with van der Waals surface area (Å²) in [6, 6.07) is 1.99. The van der Waals surface area contributed by atoms with Crippen LogP contribution in [0.5, 0.6) is 0 Å². The molecule has 2 rings (SSSR count). The van der Waals surface area contributed by atoms with E-state index in [9.17, 15) is 4.79 Å². The van der Waals surface area contributed by atoms with Crippen LogP contribution in [0, 0.1) is 13.8 Å². The van der Waals surface area contributed by atoms with Gasteiger partial charge in [0, 0.05) is 12.4 Å². The van der Waals surface area contributed by atoms with Gasteiger partial charge in [-0.05, 0) is 31.9 Å². The Morgan fingerprint density at radius 1 is 1.30 bits per heavy atom. The number of aromatic nitrogens is 3. The van der Waals surface area contributed by atoms with Gasteiger partial charge in [0.1, 0.15) is 17.1 Å². The van der Waals surface area contributed by atoms with Gasteiger partial charge in [-0.2, -0.15) is 0 Å². The third kappa shape index (κ3) is 2.74. The van der Waals surface area contributed by atoms with Crippen LogP contribution >= 0.6 is 0 Å². The van der Waals surface area contributed by atoms with E-state index in [0.29, 0.717) is 11.5 Å². The van der Waals surface area contributed by atoms with E-state index < -0.39 is 5.97 Å². The number of nitrogens with two attached hydrogens (primary N) is 1. The van der Waals surface area contributed by atoms with Crippen molar-refractivity contribution in [1.29, 1.82) is 0 Å². The molecule has 0 saturated carbocycles. The molecule has 0 aliphatic heterocycles. The molecule has 2 aromatic rings. The fraction of sp³-hybridized carbons (Fsp3) is 0.286. The van der Waals surface area contributed by atoms with E-state index in [1.807, 2.05) is 19.9 Å². The first kappa shape index (κ1) is 13.9. The quantitative estimate of drug-likeness (QED) is 0.858. The number of anilines is 1. The lowest BCUT2D eigenvalue weighted by Gasteiger charge is -2.07. The van der Waals surface area contributed by atoms with Crippen molar-refractivity contribution in [1.82, 2.24) is 15.0 Å². The highest BCUT2D eigenvalue weighted by Crippen LogP contribution is 2.20. The minimum absolute atomic E-state index is 0.0928. The zero-order valence-electron chi connectivity index (χ0n) is 11.7. The summed E-state index contributed by atoms with van der Waals surface area (Å²) in [6.45, 7) is 5.89. The Morgan fingerprint density at radius 2 is 2.05 bits per heavy atom. The Kier molecular flexibility index (Phi) is 3.93. The van der Waals surface area contributed by atoms with Gasteiger partial charge in [0.2, 0.25) is 0 Å². The fourth-order valence-electron chi connectivity index (χ4n) is 1.82. The summed E-state index contributed by atoms with van der Waals surface area (Å²) >= 11 is 0. The highest BCUT2D eigenvalue weighted by Gasteiger charge is 2.15. The van der Waals surface area contributed by atoms with Crippen molar-refractivity contribution < 1.29 is 9.53 Å². The molecule has 6 heteroatoms. The fourth-order valence-corrected chi connectivity index (χ4v) is 1.82. The first-order valence-electron chi connectivity index (χ1n) is 6.26. The highest BCUT2D eigenvalue weighted by atomic mass is 16.5. The Hall–Kier alpha value is -2.50. The van der Waals surface area contributed by atoms with Crippen LogP contribution in [0.2, 0.25) is 0 Å². The van der Waals surface area contributed by atoms with Gasteiger partial charge in [-0.15, -0.1) is 0 Å². The molecule has 20 heavy (non-hydrogen) atoms. The summed E-state index contributed by atoms with van der Waals surface area (Å²) in [6.07, 6.45) is 3.11. The topological polar surface area (TPSA) is 91.0 Å². The summed E-state index contributed by atoms with van der Waals surface area (Å²) in [5, 5.41) is 0. The van der Waals surface area contributed by atoms with Crippen molar-refractivity contribution in [2.75, 3.05) is 12.3 Å². The number of carbonyl (C=O) groups excluding carboxylic acids is 1. The molecular weight excluding hydrogens is 256 g/mol. The number of rotatable bonds is 3. The zero-order valence-corrected chi connectivity index (χ0v) is 11.7. The van der Waals surface area contributed by atoms with Crippen LogP contribution in [-0.2, 0) is 4.74 Å². The van der Waals surface area contributed by atoms with E-state index in [2.05, 4.69) is 15.0 Å². The van der Waals surface area contributed by atoms with Crippen molar-refractivity contribution >= 4 is 11.8 Å². The number of nitrogens with zero attached hydrogens (tertiary/aromatic N) is 3. The average Bonchev–Trinajstić information content (AvgIpc) is 2.38. The molecule has 0 aromatic carbocycles. The molecule has 2 aromatic heterocycles. The third-order valence-corrected chi connectivity index (χ3v) is 2.74. The third-order valence-electron chi connectivity index (χ3n) is 2.74. The Balaban J connectivity index is 2.40. The molecule has 2 N–H and O–H groups in total. The minimum Gasteiger partial charge on any atom is -0.462 e. The lowest BCUT2D eigenvalue weighted by molar-refractivity contribution is 0.0527. The Bertz CT molecular complexity index is 656. The number of esters is 1. The smallest absolute Gasteiger partial charge is 0.343 e. The van der Waals surface area contributed by atoms with Crippen molar-refractivity contribution in [3.05, 3.63) is 35.2 Å². The maximum Gasteiger partial charge on any atom is 0.343 e. The number of nitrogen functional groups attached to an aromatic ring is 1. The SMILES string of the molecule is CCOC(=O)c1cnc(-c2ncc(C)cc2C)nc1N. The number of hydrogen-bond donors (Lipinski definition) is 1. The summed E-state index contributed by atoms with van der Waals surface area (Å²) in [5.74, 6) is -0.0339. The first-order chi connectivity index (χ1) is 9.52. The van der Waals surface area contributed by atoms with Crippen LogP contribution in [0.15, 0.2) is 18.5 Å². The van der Waals surface area contributed by atoms with Gasteiger partial charge < -0.3 is 10.5 Å². The van der Waals surface area contributed by atoms with Crippen LogP contribution in [0.1, 0.15) is 28.4 Å². The molecule has 0 saturated heterocycles. The zero-order chi connectivity index (χ0) is 14.7. The van der Waals surface area contributed by atoms with Crippen molar-refractivity contribution in [2.45, 2.75) is 20.8 Å². The highest BCUT2D eigenvalue weighted by molar-refractivity contribution is 5.94. The number of ether oxygens (including phenoxy) is 1. The van der Waals surface area contributed by atoms with Gasteiger partial charge in [-0.1, -0.05) is 6.07 Å². The van der Waals surface area contributed by atoms with Crippen molar-refractivity contribution in [3.8, 4) is 11.5 Å². The standard InChI is InChI=1S/C14H16N4O2/c1-4-20-14(19)10-7-17-13(18-12(10)15)11-9(3)5-8(2)6-16-11/h5-7H,4H2,1-3H3,(H2,15,17,18). The second-order valence-corrected chi connectivity index (χ2v) is 4.39. The van der Waals surface area contributed by atoms with E-state index in [-0.39, 0.29) is 18.0 Å². The molecule has 0 fully saturated rings. The van der Waals surface area contributed by atoms with Crippen LogP contribution in [0.25, 0.3) is 11.5 Å². The molecule has 6 nitrogen and oxygen atoms in total. The largest absolute Gasteiger partial charge is 0.462 e. The van der Waals surface area contributed by atoms with Gasteiger partial charge in [0.25, 0.3) is 0 Å². The number of carbonyl (C=O) groups is 1. The predicted molar refractivity (Wildman–Crippen MR) is 75.1 cm³/mol. The predicted octanol–water partition coefficient (Wildman–Crippen LogP) is 1.91. The number of aryl methyl sites for hydroxylation is 2. The number of pyridine rings is 1. The van der Waals surface area contributed by atoms with Crippen molar-refractivity contribution in [3.63, 3.8) is 0 Å². The van der Waals surface area contributed by atoms with Gasteiger partial charge in [0.15, 0.2) is 5.82 Å². The van der Waals surface area contributed by atoms with Crippen LogP contribution in [0.3, 0.4) is 0 Å². The Labute approximate surface area is 117 Å². The normalized spacial score (nSPS) is 10.3. The molecule has 0 aliphatic carbocycles. The van der Waals surface area contributed by atoms with Crippen molar-refractivity contribution in [2.24, 2.45) is 0 Å². The van der Waals surface area contributed by atoms with E-state index in [1.54, 1.807) is 13.1 Å². The second-order valence-electron chi connectivity index (χ2n) is 4.39. The summed E-state index contributed by atoms with van der Waals surface area (Å²) < 4.78 is 4.88. The molecule has 0 atom stereocenters. The van der Waals surface area contributed by atoms with Gasteiger partial charge >= 0.3 is 5.97 Å². The van der Waals surface area contributed by atoms with Crippen LogP contribution in [0.4, 0.5) is 5.82 Å². The molecule has 0 bridgehead atoms. The van der Waals surface area contributed by atoms with Crippen LogP contribution < -0.4 is 5.73 Å². The second kappa shape index (κ2) is 5.64. The Morgan fingerprint density at radius 3 is 2.65 bits per heavy atom. The summed E-state index contributed by atoms with van der Waals surface area (Å²) in [5.41, 5.74) is 8.62. The average molecular weight is 272 g/mol. The summed E-state index contributed by atoms with van der Waals surface area (Å²) in [4.78, 5) is 24.2. The van der Waals surface area contributed by atoms with E-state index >= 15 is 0 Å². The minimum atomic E-state index is -0.523. The van der Waals surface area contributed by atoms with Crippen LogP contribution in [-0.4, -0.2) is 27.5 Å². The van der Waals surface area contributed by atoms with E-state index in [0.717, 1.165) is 11.1 Å². The molecule has 0 spiro atoms. The van der Waals surface area contributed by atoms with Gasteiger partial charge in [-0.25, -0.2) is 14.8 Å². The molecular formula is C14H16N4O2. The molecule has 0 unspecified atom stereocenters. The molecule has 104 valence electrons.